The van der Waals surface area contributed by atoms with Crippen LogP contribution in [0.25, 0.3) is 0 Å². The van der Waals surface area contributed by atoms with E-state index in [1.807, 2.05) is 12.1 Å². The number of rotatable bonds is 7. The van der Waals surface area contributed by atoms with Gasteiger partial charge in [0.1, 0.15) is 5.82 Å². The molecule has 0 bridgehead atoms. The van der Waals surface area contributed by atoms with Gasteiger partial charge in [-0.1, -0.05) is 31.4 Å². The number of benzene rings is 1. The van der Waals surface area contributed by atoms with Gasteiger partial charge in [0, 0.05) is 12.6 Å². The van der Waals surface area contributed by atoms with E-state index in [1.165, 1.54) is 56.2 Å². The Kier molecular flexibility index (Phi) is 6.48. The van der Waals surface area contributed by atoms with Crippen molar-refractivity contribution in [3.05, 3.63) is 35.6 Å². The molecule has 112 valence electrons. The lowest BCUT2D eigenvalue weighted by molar-refractivity contribution is 0.308. The van der Waals surface area contributed by atoms with E-state index < -0.39 is 0 Å². The van der Waals surface area contributed by atoms with E-state index in [4.69, 9.17) is 0 Å². The highest BCUT2D eigenvalue weighted by atomic mass is 19.1. The first-order valence-corrected chi connectivity index (χ1v) is 7.90. The average Bonchev–Trinajstić information content (AvgIpc) is 2.47. The summed E-state index contributed by atoms with van der Waals surface area (Å²) in [5.74, 6) is -0.159. The van der Waals surface area contributed by atoms with E-state index in [-0.39, 0.29) is 5.82 Å². The van der Waals surface area contributed by atoms with Crippen molar-refractivity contribution in [1.29, 1.82) is 0 Å². The Balaban J connectivity index is 1.57. The summed E-state index contributed by atoms with van der Waals surface area (Å²) in [4.78, 5) is 2.30. The molecule has 0 atom stereocenters. The maximum atomic E-state index is 12.8. The second-order valence-electron chi connectivity index (χ2n) is 6.01. The van der Waals surface area contributed by atoms with Crippen molar-refractivity contribution in [2.75, 3.05) is 20.1 Å². The fraction of sp³-hybridized carbons (Fsp3) is 0.647. The summed E-state index contributed by atoms with van der Waals surface area (Å²) in [6.45, 7) is 3.08. The molecular formula is C17H27FN2. The minimum absolute atomic E-state index is 0.159. The fourth-order valence-corrected chi connectivity index (χ4v) is 2.94. The van der Waals surface area contributed by atoms with Crippen LogP contribution in [0.4, 0.5) is 4.39 Å². The van der Waals surface area contributed by atoms with Gasteiger partial charge >= 0.3 is 0 Å². The molecule has 1 aromatic carbocycles. The molecule has 0 radical (unpaired) electrons. The first kappa shape index (κ1) is 15.5. The van der Waals surface area contributed by atoms with Gasteiger partial charge in [-0.2, -0.15) is 0 Å². The number of nitrogens with zero attached hydrogens (tertiary/aromatic N) is 1. The zero-order chi connectivity index (χ0) is 14.2. The number of nitrogens with one attached hydrogen (secondary N) is 1. The van der Waals surface area contributed by atoms with Gasteiger partial charge in [0.15, 0.2) is 0 Å². The van der Waals surface area contributed by atoms with Crippen LogP contribution in [-0.4, -0.2) is 31.1 Å². The minimum atomic E-state index is -0.159. The SMILES string of the molecule is CN(CCCNC1CCCCC1)Cc1ccc(F)cc1. The highest BCUT2D eigenvalue weighted by Crippen LogP contribution is 2.17. The summed E-state index contributed by atoms with van der Waals surface area (Å²) in [6, 6.07) is 7.56. The largest absolute Gasteiger partial charge is 0.314 e. The molecule has 0 spiro atoms. The first-order valence-electron chi connectivity index (χ1n) is 7.90. The van der Waals surface area contributed by atoms with E-state index in [2.05, 4.69) is 17.3 Å². The predicted molar refractivity (Wildman–Crippen MR) is 82.2 cm³/mol. The molecular weight excluding hydrogens is 251 g/mol. The lowest BCUT2D eigenvalue weighted by atomic mass is 9.95. The van der Waals surface area contributed by atoms with Crippen LogP contribution in [0.15, 0.2) is 24.3 Å². The van der Waals surface area contributed by atoms with Gasteiger partial charge in [0.25, 0.3) is 0 Å². The van der Waals surface area contributed by atoms with Crippen LogP contribution in [0.3, 0.4) is 0 Å². The van der Waals surface area contributed by atoms with Crippen molar-refractivity contribution >= 4 is 0 Å². The summed E-state index contributed by atoms with van der Waals surface area (Å²) >= 11 is 0. The van der Waals surface area contributed by atoms with Crippen LogP contribution in [0.1, 0.15) is 44.1 Å². The van der Waals surface area contributed by atoms with E-state index in [0.29, 0.717) is 0 Å². The summed E-state index contributed by atoms with van der Waals surface area (Å²) in [5.41, 5.74) is 1.18. The van der Waals surface area contributed by atoms with Crippen LogP contribution in [-0.2, 0) is 6.54 Å². The molecule has 2 rings (SSSR count). The molecule has 3 heteroatoms. The summed E-state index contributed by atoms with van der Waals surface area (Å²) < 4.78 is 12.8. The molecule has 20 heavy (non-hydrogen) atoms. The molecule has 1 fully saturated rings. The van der Waals surface area contributed by atoms with Crippen LogP contribution in [0.5, 0.6) is 0 Å². The monoisotopic (exact) mass is 278 g/mol. The maximum absolute atomic E-state index is 12.8. The third-order valence-electron chi connectivity index (χ3n) is 4.12. The number of halogens is 1. The number of hydrogen-bond acceptors (Lipinski definition) is 2. The van der Waals surface area contributed by atoms with Gasteiger partial charge in [-0.05, 0) is 57.1 Å². The summed E-state index contributed by atoms with van der Waals surface area (Å²) in [7, 11) is 2.13. The molecule has 0 aromatic heterocycles. The van der Waals surface area contributed by atoms with Crippen molar-refractivity contribution in [3.8, 4) is 0 Å². The lowest BCUT2D eigenvalue weighted by Gasteiger charge is -2.23. The Morgan fingerprint density at radius 1 is 1.15 bits per heavy atom. The third kappa shape index (κ3) is 5.59. The van der Waals surface area contributed by atoms with E-state index in [1.54, 1.807) is 0 Å². The van der Waals surface area contributed by atoms with E-state index in [9.17, 15) is 4.39 Å². The van der Waals surface area contributed by atoms with Crippen molar-refractivity contribution in [2.45, 2.75) is 51.1 Å². The van der Waals surface area contributed by atoms with E-state index >= 15 is 0 Å². The van der Waals surface area contributed by atoms with Crippen LogP contribution in [0.2, 0.25) is 0 Å². The standard InChI is InChI=1S/C17H27FN2/c1-20(14-15-8-10-16(18)11-9-15)13-5-12-19-17-6-3-2-4-7-17/h8-11,17,19H,2-7,12-14H2,1H3. The summed E-state index contributed by atoms with van der Waals surface area (Å²) in [6.07, 6.45) is 8.08. The van der Waals surface area contributed by atoms with Crippen molar-refractivity contribution in [2.24, 2.45) is 0 Å². The fourth-order valence-electron chi connectivity index (χ4n) is 2.94. The Labute approximate surface area is 122 Å². The van der Waals surface area contributed by atoms with Gasteiger partial charge in [0.2, 0.25) is 0 Å². The number of hydrogen-bond donors (Lipinski definition) is 1. The highest BCUT2D eigenvalue weighted by molar-refractivity contribution is 5.15. The molecule has 2 nitrogen and oxygen atoms in total. The first-order chi connectivity index (χ1) is 9.74. The quantitative estimate of drug-likeness (QED) is 0.767. The molecule has 0 amide bonds. The predicted octanol–water partition coefficient (Wildman–Crippen LogP) is 3.57. The van der Waals surface area contributed by atoms with Crippen LogP contribution < -0.4 is 5.32 Å². The Hall–Kier alpha value is -0.930. The minimum Gasteiger partial charge on any atom is -0.314 e. The van der Waals surface area contributed by atoms with Crippen LogP contribution >= 0.6 is 0 Å². The molecule has 0 heterocycles. The highest BCUT2D eigenvalue weighted by Gasteiger charge is 2.11. The molecule has 1 N–H and O–H groups in total. The van der Waals surface area contributed by atoms with Gasteiger partial charge < -0.3 is 10.2 Å². The Morgan fingerprint density at radius 2 is 1.85 bits per heavy atom. The topological polar surface area (TPSA) is 15.3 Å². The van der Waals surface area contributed by atoms with Gasteiger partial charge in [-0.25, -0.2) is 4.39 Å². The van der Waals surface area contributed by atoms with Gasteiger partial charge in [-0.15, -0.1) is 0 Å². The molecule has 0 saturated heterocycles. The average molecular weight is 278 g/mol. The molecule has 1 aromatic rings. The lowest BCUT2D eigenvalue weighted by Crippen LogP contribution is -2.33. The molecule has 1 aliphatic carbocycles. The smallest absolute Gasteiger partial charge is 0.123 e. The van der Waals surface area contributed by atoms with Crippen LogP contribution in [0, 0.1) is 5.82 Å². The Bertz CT molecular complexity index is 371. The van der Waals surface area contributed by atoms with Crippen molar-refractivity contribution in [3.63, 3.8) is 0 Å². The normalized spacial score (nSPS) is 16.8. The second-order valence-corrected chi connectivity index (χ2v) is 6.01. The Morgan fingerprint density at radius 3 is 2.55 bits per heavy atom. The molecule has 0 unspecified atom stereocenters. The maximum Gasteiger partial charge on any atom is 0.123 e. The molecule has 1 aliphatic rings. The van der Waals surface area contributed by atoms with Gasteiger partial charge in [-0.3, -0.25) is 0 Å². The van der Waals surface area contributed by atoms with Crippen molar-refractivity contribution in [1.82, 2.24) is 10.2 Å². The van der Waals surface area contributed by atoms with Crippen molar-refractivity contribution < 1.29 is 4.39 Å². The summed E-state index contributed by atoms with van der Waals surface area (Å²) in [5, 5.41) is 3.67. The van der Waals surface area contributed by atoms with Gasteiger partial charge in [0.05, 0.1) is 0 Å². The van der Waals surface area contributed by atoms with E-state index in [0.717, 1.165) is 25.7 Å². The molecule has 1 saturated carbocycles. The zero-order valence-corrected chi connectivity index (χ0v) is 12.6. The third-order valence-corrected chi connectivity index (χ3v) is 4.12. The second kappa shape index (κ2) is 8.38. The molecule has 0 aliphatic heterocycles. The zero-order valence-electron chi connectivity index (χ0n) is 12.6.